The number of hydrogen-bond acceptors (Lipinski definition) is 1. The van der Waals surface area contributed by atoms with E-state index in [2.05, 4.69) is 15.9 Å². The van der Waals surface area contributed by atoms with E-state index in [4.69, 9.17) is 0 Å². The standard InChI is InChI=1S/C14H9BrF2O/c1-8-6-10(16)3-5-11(8)14(18)12-4-2-9(15)7-13(12)17/h2-7H,1H3. The molecule has 0 atom stereocenters. The van der Waals surface area contributed by atoms with E-state index in [0.29, 0.717) is 15.6 Å². The van der Waals surface area contributed by atoms with Crippen LogP contribution in [0.15, 0.2) is 40.9 Å². The first-order valence-electron chi connectivity index (χ1n) is 5.25. The largest absolute Gasteiger partial charge is 0.288 e. The fraction of sp³-hybridized carbons (Fsp3) is 0.0714. The highest BCUT2D eigenvalue weighted by atomic mass is 79.9. The topological polar surface area (TPSA) is 17.1 Å². The molecule has 0 fully saturated rings. The van der Waals surface area contributed by atoms with Crippen molar-refractivity contribution in [1.29, 1.82) is 0 Å². The van der Waals surface area contributed by atoms with Crippen LogP contribution >= 0.6 is 15.9 Å². The number of hydrogen-bond donors (Lipinski definition) is 0. The molecule has 0 spiro atoms. The molecule has 18 heavy (non-hydrogen) atoms. The lowest BCUT2D eigenvalue weighted by Gasteiger charge is -2.06. The van der Waals surface area contributed by atoms with Crippen LogP contribution in [0.5, 0.6) is 0 Å². The maximum atomic E-state index is 13.7. The SMILES string of the molecule is Cc1cc(F)ccc1C(=O)c1ccc(Br)cc1F. The molecule has 0 bridgehead atoms. The van der Waals surface area contributed by atoms with Crippen LogP contribution in [0.25, 0.3) is 0 Å². The summed E-state index contributed by atoms with van der Waals surface area (Å²) in [6.07, 6.45) is 0. The molecule has 0 saturated heterocycles. The molecule has 0 unspecified atom stereocenters. The second-order valence-corrected chi connectivity index (χ2v) is 4.83. The molecular weight excluding hydrogens is 302 g/mol. The summed E-state index contributed by atoms with van der Waals surface area (Å²) in [6.45, 7) is 1.62. The Labute approximate surface area is 112 Å². The Morgan fingerprint density at radius 2 is 1.72 bits per heavy atom. The maximum Gasteiger partial charge on any atom is 0.196 e. The maximum absolute atomic E-state index is 13.7. The van der Waals surface area contributed by atoms with Crippen molar-refractivity contribution in [1.82, 2.24) is 0 Å². The normalized spacial score (nSPS) is 10.4. The lowest BCUT2D eigenvalue weighted by molar-refractivity contribution is 0.103. The van der Waals surface area contributed by atoms with E-state index in [9.17, 15) is 13.6 Å². The van der Waals surface area contributed by atoms with Gasteiger partial charge in [-0.3, -0.25) is 4.79 Å². The van der Waals surface area contributed by atoms with Crippen LogP contribution in [-0.4, -0.2) is 5.78 Å². The van der Waals surface area contributed by atoms with Gasteiger partial charge in [-0.05, 0) is 48.9 Å². The molecule has 0 heterocycles. The zero-order chi connectivity index (χ0) is 13.3. The molecule has 0 saturated carbocycles. The number of halogens is 3. The average Bonchev–Trinajstić information content (AvgIpc) is 2.28. The summed E-state index contributed by atoms with van der Waals surface area (Å²) in [6, 6.07) is 8.04. The van der Waals surface area contributed by atoms with Crippen LogP contribution in [0.4, 0.5) is 8.78 Å². The quantitative estimate of drug-likeness (QED) is 0.757. The van der Waals surface area contributed by atoms with Gasteiger partial charge in [0.05, 0.1) is 5.56 Å². The molecule has 0 aliphatic rings. The van der Waals surface area contributed by atoms with Gasteiger partial charge in [0.1, 0.15) is 11.6 Å². The average molecular weight is 311 g/mol. The third-order valence-corrected chi connectivity index (χ3v) is 3.10. The van der Waals surface area contributed by atoms with E-state index >= 15 is 0 Å². The molecular formula is C14H9BrF2O. The zero-order valence-electron chi connectivity index (χ0n) is 9.51. The number of carbonyl (C=O) groups is 1. The van der Waals surface area contributed by atoms with Gasteiger partial charge in [0.25, 0.3) is 0 Å². The van der Waals surface area contributed by atoms with Gasteiger partial charge in [0.2, 0.25) is 0 Å². The highest BCUT2D eigenvalue weighted by Crippen LogP contribution is 2.20. The number of rotatable bonds is 2. The zero-order valence-corrected chi connectivity index (χ0v) is 11.1. The third-order valence-electron chi connectivity index (χ3n) is 2.61. The van der Waals surface area contributed by atoms with Crippen molar-refractivity contribution < 1.29 is 13.6 Å². The summed E-state index contributed by atoms with van der Waals surface area (Å²) in [5.74, 6) is -1.46. The van der Waals surface area contributed by atoms with E-state index in [-0.39, 0.29) is 5.56 Å². The molecule has 2 rings (SSSR count). The number of benzene rings is 2. The molecule has 0 N–H and O–H groups in total. The fourth-order valence-corrected chi connectivity index (χ4v) is 2.03. The highest BCUT2D eigenvalue weighted by molar-refractivity contribution is 9.10. The number of aryl methyl sites for hydroxylation is 1. The van der Waals surface area contributed by atoms with E-state index < -0.39 is 17.4 Å². The fourth-order valence-electron chi connectivity index (χ4n) is 1.70. The van der Waals surface area contributed by atoms with Crippen LogP contribution in [0, 0.1) is 18.6 Å². The summed E-state index contributed by atoms with van der Waals surface area (Å²) < 4.78 is 27.2. The van der Waals surface area contributed by atoms with E-state index in [1.807, 2.05) is 0 Å². The first kappa shape index (κ1) is 12.9. The Morgan fingerprint density at radius 1 is 1.06 bits per heavy atom. The Bertz CT molecular complexity index is 570. The Kier molecular flexibility index (Phi) is 3.57. The first-order valence-corrected chi connectivity index (χ1v) is 6.04. The minimum atomic E-state index is -0.599. The van der Waals surface area contributed by atoms with Gasteiger partial charge in [-0.15, -0.1) is 0 Å². The second kappa shape index (κ2) is 4.98. The first-order chi connectivity index (χ1) is 8.49. The third kappa shape index (κ3) is 2.48. The van der Waals surface area contributed by atoms with Crippen molar-refractivity contribution in [3.05, 3.63) is 69.2 Å². The molecule has 0 aliphatic carbocycles. The van der Waals surface area contributed by atoms with Crippen molar-refractivity contribution in [3.8, 4) is 0 Å². The minimum Gasteiger partial charge on any atom is -0.288 e. The van der Waals surface area contributed by atoms with Crippen LogP contribution < -0.4 is 0 Å². The predicted octanol–water partition coefficient (Wildman–Crippen LogP) is 4.27. The molecule has 4 heteroatoms. The lowest BCUT2D eigenvalue weighted by atomic mass is 9.99. The summed E-state index contributed by atoms with van der Waals surface area (Å²) >= 11 is 3.12. The molecule has 2 aromatic carbocycles. The van der Waals surface area contributed by atoms with Gasteiger partial charge >= 0.3 is 0 Å². The molecule has 0 amide bonds. The van der Waals surface area contributed by atoms with Crippen molar-refractivity contribution in [2.75, 3.05) is 0 Å². The van der Waals surface area contributed by atoms with Crippen molar-refractivity contribution in [2.45, 2.75) is 6.92 Å². The highest BCUT2D eigenvalue weighted by Gasteiger charge is 2.16. The molecule has 2 aromatic rings. The van der Waals surface area contributed by atoms with Gasteiger partial charge in [-0.25, -0.2) is 8.78 Å². The Hall–Kier alpha value is -1.55. The number of carbonyl (C=O) groups excluding carboxylic acids is 1. The van der Waals surface area contributed by atoms with E-state index in [1.54, 1.807) is 13.0 Å². The van der Waals surface area contributed by atoms with E-state index in [1.165, 1.54) is 30.3 Å². The number of ketones is 1. The van der Waals surface area contributed by atoms with Crippen molar-refractivity contribution in [2.24, 2.45) is 0 Å². The van der Waals surface area contributed by atoms with Gasteiger partial charge < -0.3 is 0 Å². The Morgan fingerprint density at radius 3 is 2.33 bits per heavy atom. The molecule has 1 nitrogen and oxygen atoms in total. The van der Waals surface area contributed by atoms with Crippen LogP contribution in [0.1, 0.15) is 21.5 Å². The molecule has 92 valence electrons. The van der Waals surface area contributed by atoms with Gasteiger partial charge in [-0.2, -0.15) is 0 Å². The minimum absolute atomic E-state index is 0.0205. The Balaban J connectivity index is 2.48. The van der Waals surface area contributed by atoms with Crippen LogP contribution in [0.3, 0.4) is 0 Å². The van der Waals surface area contributed by atoms with Gasteiger partial charge in [-0.1, -0.05) is 15.9 Å². The van der Waals surface area contributed by atoms with Crippen LogP contribution in [0.2, 0.25) is 0 Å². The van der Waals surface area contributed by atoms with Crippen molar-refractivity contribution in [3.63, 3.8) is 0 Å². The summed E-state index contributed by atoms with van der Waals surface area (Å²) in [7, 11) is 0. The van der Waals surface area contributed by atoms with E-state index in [0.717, 1.165) is 0 Å². The molecule has 0 aliphatic heterocycles. The van der Waals surface area contributed by atoms with Crippen LogP contribution in [-0.2, 0) is 0 Å². The predicted molar refractivity (Wildman–Crippen MR) is 68.7 cm³/mol. The molecule has 0 radical (unpaired) electrons. The monoisotopic (exact) mass is 310 g/mol. The van der Waals surface area contributed by atoms with Crippen molar-refractivity contribution >= 4 is 21.7 Å². The molecule has 0 aromatic heterocycles. The summed E-state index contributed by atoms with van der Waals surface area (Å²) in [4.78, 5) is 12.1. The summed E-state index contributed by atoms with van der Waals surface area (Å²) in [5.41, 5.74) is 0.771. The smallest absolute Gasteiger partial charge is 0.196 e. The summed E-state index contributed by atoms with van der Waals surface area (Å²) in [5, 5.41) is 0. The van der Waals surface area contributed by atoms with Gasteiger partial charge in [0, 0.05) is 10.0 Å². The van der Waals surface area contributed by atoms with Gasteiger partial charge in [0.15, 0.2) is 5.78 Å². The lowest BCUT2D eigenvalue weighted by Crippen LogP contribution is -2.06. The second-order valence-electron chi connectivity index (χ2n) is 3.91.